The average molecular weight is 301 g/mol. The first-order valence-corrected chi connectivity index (χ1v) is 6.76. The van der Waals surface area contributed by atoms with Crippen LogP contribution in [0.1, 0.15) is 0 Å². The Hall–Kier alpha value is -2.59. The molecule has 106 valence electrons. The van der Waals surface area contributed by atoms with Gasteiger partial charge in [0.1, 0.15) is 10.7 Å². The molecule has 3 N–H and O–H groups in total. The molecule has 0 radical (unpaired) electrons. The lowest BCUT2D eigenvalue weighted by atomic mass is 10.3. The average Bonchev–Trinajstić information content (AvgIpc) is 2.73. The van der Waals surface area contributed by atoms with E-state index < -0.39 is 0 Å². The number of hydrogen-bond donors (Lipinski definition) is 3. The van der Waals surface area contributed by atoms with Gasteiger partial charge in [-0.3, -0.25) is 0 Å². The summed E-state index contributed by atoms with van der Waals surface area (Å²) in [4.78, 5) is 0. The minimum Gasteiger partial charge on any atom is -0.493 e. The van der Waals surface area contributed by atoms with Gasteiger partial charge >= 0.3 is 0 Å². The summed E-state index contributed by atoms with van der Waals surface area (Å²) in [6.07, 6.45) is 0. The van der Waals surface area contributed by atoms with Crippen molar-refractivity contribution in [3.63, 3.8) is 0 Å². The summed E-state index contributed by atoms with van der Waals surface area (Å²) in [7, 11) is 0. The zero-order chi connectivity index (χ0) is 14.8. The second-order valence-electron chi connectivity index (χ2n) is 4.50. The molecule has 0 fully saturated rings. The zero-order valence-corrected chi connectivity index (χ0v) is 11.7. The largest absolute Gasteiger partial charge is 0.493 e. The molecule has 0 aliphatic heterocycles. The van der Waals surface area contributed by atoms with Gasteiger partial charge in [0.05, 0.1) is 5.69 Å². The van der Waals surface area contributed by atoms with E-state index in [1.165, 1.54) is 4.57 Å². The Bertz CT molecular complexity index is 755. The summed E-state index contributed by atoms with van der Waals surface area (Å²) >= 11 is 6.13. The molecular weight excluding hydrogens is 288 g/mol. The number of anilines is 2. The van der Waals surface area contributed by atoms with Gasteiger partial charge in [-0.05, 0) is 24.3 Å². The summed E-state index contributed by atoms with van der Waals surface area (Å²) in [5, 5.41) is 23.6. The number of aromatic nitrogens is 1. The number of nitrogens with one attached hydrogen (secondary N) is 1. The number of halogens is 1. The molecule has 0 unspecified atom stereocenters. The fourth-order valence-electron chi connectivity index (χ4n) is 2.12. The first-order valence-electron chi connectivity index (χ1n) is 6.38. The number of aromatic hydroxyl groups is 2. The van der Waals surface area contributed by atoms with Gasteiger partial charge in [-0.15, -0.1) is 0 Å². The molecule has 0 amide bonds. The normalized spacial score (nSPS) is 10.5. The summed E-state index contributed by atoms with van der Waals surface area (Å²) < 4.78 is 1.29. The van der Waals surface area contributed by atoms with E-state index in [4.69, 9.17) is 11.6 Å². The van der Waals surface area contributed by atoms with Crippen molar-refractivity contribution in [2.45, 2.75) is 0 Å². The molecule has 0 aliphatic rings. The third-order valence-electron chi connectivity index (χ3n) is 3.12. The predicted octanol–water partition coefficient (Wildman–Crippen LogP) is 4.29. The molecular formula is C16H13ClN2O2. The number of hydrogen-bond acceptors (Lipinski definition) is 3. The van der Waals surface area contributed by atoms with E-state index in [1.54, 1.807) is 12.1 Å². The van der Waals surface area contributed by atoms with Crippen LogP contribution in [0.15, 0.2) is 60.7 Å². The number of rotatable bonds is 3. The molecule has 21 heavy (non-hydrogen) atoms. The van der Waals surface area contributed by atoms with Crippen molar-refractivity contribution in [3.05, 3.63) is 65.7 Å². The molecule has 4 nitrogen and oxygen atoms in total. The van der Waals surface area contributed by atoms with Crippen LogP contribution in [0.5, 0.6) is 11.8 Å². The Kier molecular flexibility index (Phi) is 3.46. The smallest absolute Gasteiger partial charge is 0.224 e. The van der Waals surface area contributed by atoms with Crippen LogP contribution in [0.2, 0.25) is 5.02 Å². The van der Waals surface area contributed by atoms with Gasteiger partial charge in [-0.1, -0.05) is 48.0 Å². The van der Waals surface area contributed by atoms with Crippen molar-refractivity contribution in [2.75, 3.05) is 5.32 Å². The molecule has 5 heteroatoms. The van der Waals surface area contributed by atoms with Crippen LogP contribution in [-0.4, -0.2) is 14.8 Å². The maximum absolute atomic E-state index is 10.4. The van der Waals surface area contributed by atoms with Crippen molar-refractivity contribution < 1.29 is 10.2 Å². The maximum atomic E-state index is 10.4. The Labute approximate surface area is 126 Å². The van der Waals surface area contributed by atoms with E-state index in [2.05, 4.69) is 5.32 Å². The highest BCUT2D eigenvalue weighted by Crippen LogP contribution is 2.45. The Balaban J connectivity index is 2.08. The van der Waals surface area contributed by atoms with E-state index in [0.29, 0.717) is 5.69 Å². The second kappa shape index (κ2) is 5.42. The Morgan fingerprint density at radius 2 is 1.38 bits per heavy atom. The van der Waals surface area contributed by atoms with Crippen LogP contribution in [-0.2, 0) is 0 Å². The van der Waals surface area contributed by atoms with Gasteiger partial charge in [-0.2, -0.15) is 0 Å². The van der Waals surface area contributed by atoms with E-state index in [9.17, 15) is 10.2 Å². The predicted molar refractivity (Wildman–Crippen MR) is 83.8 cm³/mol. The van der Waals surface area contributed by atoms with Crippen LogP contribution >= 0.6 is 11.6 Å². The third-order valence-corrected chi connectivity index (χ3v) is 3.48. The monoisotopic (exact) mass is 300 g/mol. The summed E-state index contributed by atoms with van der Waals surface area (Å²) in [5.74, 6) is -0.355. The van der Waals surface area contributed by atoms with Crippen LogP contribution in [0.4, 0.5) is 11.4 Å². The molecule has 0 spiro atoms. The van der Waals surface area contributed by atoms with Gasteiger partial charge in [0.15, 0.2) is 0 Å². The summed E-state index contributed by atoms with van der Waals surface area (Å²) in [6.45, 7) is 0. The highest BCUT2D eigenvalue weighted by atomic mass is 35.5. The fraction of sp³-hybridized carbons (Fsp3) is 0. The quantitative estimate of drug-likeness (QED) is 0.676. The SMILES string of the molecule is Oc1c(Cl)c(Nc2ccccc2)c(O)n1-c1ccccc1. The topological polar surface area (TPSA) is 57.4 Å². The molecule has 0 atom stereocenters. The van der Waals surface area contributed by atoms with Crippen molar-refractivity contribution in [1.82, 2.24) is 4.57 Å². The molecule has 0 saturated carbocycles. The second-order valence-corrected chi connectivity index (χ2v) is 4.88. The third kappa shape index (κ3) is 2.41. The highest BCUT2D eigenvalue weighted by molar-refractivity contribution is 6.35. The van der Waals surface area contributed by atoms with E-state index in [1.807, 2.05) is 48.5 Å². The van der Waals surface area contributed by atoms with Crippen LogP contribution < -0.4 is 5.32 Å². The van der Waals surface area contributed by atoms with Crippen molar-refractivity contribution >= 4 is 23.0 Å². The Morgan fingerprint density at radius 1 is 0.810 bits per heavy atom. The fourth-order valence-corrected chi connectivity index (χ4v) is 2.33. The Morgan fingerprint density at radius 3 is 2.00 bits per heavy atom. The molecule has 3 rings (SSSR count). The first-order chi connectivity index (χ1) is 10.2. The highest BCUT2D eigenvalue weighted by Gasteiger charge is 2.22. The van der Waals surface area contributed by atoms with Crippen molar-refractivity contribution in [3.8, 4) is 17.4 Å². The van der Waals surface area contributed by atoms with Gasteiger partial charge in [-0.25, -0.2) is 4.57 Å². The molecule has 0 bridgehead atoms. The number of para-hydroxylation sites is 2. The number of nitrogens with zero attached hydrogens (tertiary/aromatic N) is 1. The van der Waals surface area contributed by atoms with Crippen molar-refractivity contribution in [2.24, 2.45) is 0 Å². The van der Waals surface area contributed by atoms with Crippen LogP contribution in [0.3, 0.4) is 0 Å². The molecule has 1 heterocycles. The van der Waals surface area contributed by atoms with E-state index in [-0.39, 0.29) is 22.5 Å². The van der Waals surface area contributed by atoms with Gasteiger partial charge < -0.3 is 15.5 Å². The molecule has 0 aliphatic carbocycles. The molecule has 0 saturated heterocycles. The number of benzene rings is 2. The minimum absolute atomic E-state index is 0.0696. The van der Waals surface area contributed by atoms with Crippen molar-refractivity contribution in [1.29, 1.82) is 0 Å². The minimum atomic E-state index is -0.209. The zero-order valence-electron chi connectivity index (χ0n) is 11.0. The lowest BCUT2D eigenvalue weighted by Gasteiger charge is -2.07. The summed E-state index contributed by atoms with van der Waals surface area (Å²) in [6, 6.07) is 18.3. The summed E-state index contributed by atoms with van der Waals surface area (Å²) in [5.41, 5.74) is 1.65. The van der Waals surface area contributed by atoms with E-state index in [0.717, 1.165) is 5.69 Å². The van der Waals surface area contributed by atoms with E-state index >= 15 is 0 Å². The lowest BCUT2D eigenvalue weighted by Crippen LogP contribution is -1.93. The lowest BCUT2D eigenvalue weighted by molar-refractivity contribution is 0.403. The molecule has 1 aromatic heterocycles. The molecule has 3 aromatic rings. The maximum Gasteiger partial charge on any atom is 0.224 e. The molecule has 2 aromatic carbocycles. The van der Waals surface area contributed by atoms with Gasteiger partial charge in [0, 0.05) is 5.69 Å². The first kappa shape index (κ1) is 13.4. The van der Waals surface area contributed by atoms with Crippen LogP contribution in [0, 0.1) is 0 Å². The van der Waals surface area contributed by atoms with Crippen LogP contribution in [0.25, 0.3) is 5.69 Å². The standard InChI is InChI=1S/C16H13ClN2O2/c17-13-14(18-11-7-3-1-4-8-11)16(21)19(15(13)20)12-9-5-2-6-10-12/h1-10,18,20-21H. The van der Waals surface area contributed by atoms with Gasteiger partial charge in [0.2, 0.25) is 11.8 Å². The van der Waals surface area contributed by atoms with Gasteiger partial charge in [0.25, 0.3) is 0 Å².